The highest BCUT2D eigenvalue weighted by Crippen LogP contribution is 2.49. The zero-order chi connectivity index (χ0) is 12.0. The Labute approximate surface area is 101 Å². The van der Waals surface area contributed by atoms with Crippen LogP contribution in [0.5, 0.6) is 0 Å². The molecule has 1 aromatic rings. The summed E-state index contributed by atoms with van der Waals surface area (Å²) in [7, 11) is -3.18. The Balaban J connectivity index is 2.54. The van der Waals surface area contributed by atoms with Crippen molar-refractivity contribution >= 4 is 21.4 Å². The van der Waals surface area contributed by atoms with Crippen LogP contribution in [0.4, 0.5) is 0 Å². The first-order chi connectivity index (χ1) is 7.39. The van der Waals surface area contributed by atoms with E-state index in [1.807, 2.05) is 0 Å². The van der Waals surface area contributed by atoms with Crippen LogP contribution < -0.4 is 5.73 Å². The van der Waals surface area contributed by atoms with Gasteiger partial charge in [-0.25, -0.2) is 8.42 Å². The highest BCUT2D eigenvalue weighted by Gasteiger charge is 2.44. The number of sulfone groups is 1. The minimum Gasteiger partial charge on any atom is -0.330 e. The molecular weight excluding hydrogens is 246 g/mol. The fourth-order valence-electron chi connectivity index (χ4n) is 1.88. The lowest BCUT2D eigenvalue weighted by Gasteiger charge is -2.15. The molecule has 1 saturated carbocycles. The molecule has 0 radical (unpaired) electrons. The molecule has 5 heteroatoms. The molecule has 1 aromatic carbocycles. The molecule has 0 spiro atoms. The number of benzene rings is 1. The van der Waals surface area contributed by atoms with Crippen molar-refractivity contribution in [3.8, 4) is 0 Å². The van der Waals surface area contributed by atoms with Gasteiger partial charge in [0.1, 0.15) is 0 Å². The highest BCUT2D eigenvalue weighted by atomic mass is 35.5. The van der Waals surface area contributed by atoms with Gasteiger partial charge in [-0.1, -0.05) is 11.6 Å². The van der Waals surface area contributed by atoms with E-state index >= 15 is 0 Å². The van der Waals surface area contributed by atoms with Gasteiger partial charge in [0.05, 0.1) is 4.90 Å². The molecule has 0 bridgehead atoms. The van der Waals surface area contributed by atoms with E-state index in [9.17, 15) is 8.42 Å². The van der Waals surface area contributed by atoms with Crippen LogP contribution in [0.3, 0.4) is 0 Å². The summed E-state index contributed by atoms with van der Waals surface area (Å²) < 4.78 is 22.9. The maximum absolute atomic E-state index is 11.5. The Morgan fingerprint density at radius 3 is 2.50 bits per heavy atom. The Morgan fingerprint density at radius 2 is 2.06 bits per heavy atom. The number of rotatable bonds is 3. The molecule has 1 aliphatic carbocycles. The maximum atomic E-state index is 11.5. The third-order valence-electron chi connectivity index (χ3n) is 3.18. The van der Waals surface area contributed by atoms with Crippen LogP contribution in [0.2, 0.25) is 5.02 Å². The van der Waals surface area contributed by atoms with Gasteiger partial charge in [0.2, 0.25) is 0 Å². The van der Waals surface area contributed by atoms with Gasteiger partial charge in [-0.05, 0) is 36.6 Å². The van der Waals surface area contributed by atoms with Gasteiger partial charge in [-0.3, -0.25) is 0 Å². The van der Waals surface area contributed by atoms with Crippen molar-refractivity contribution in [2.75, 3.05) is 12.8 Å². The highest BCUT2D eigenvalue weighted by molar-refractivity contribution is 7.90. The van der Waals surface area contributed by atoms with Gasteiger partial charge in [-0.15, -0.1) is 0 Å². The van der Waals surface area contributed by atoms with Crippen molar-refractivity contribution in [2.45, 2.75) is 23.2 Å². The molecule has 1 aliphatic rings. The van der Waals surface area contributed by atoms with Crippen LogP contribution in [0.25, 0.3) is 0 Å². The molecule has 0 unspecified atom stereocenters. The summed E-state index contributed by atoms with van der Waals surface area (Å²) in [6.07, 6.45) is 3.16. The third-order valence-corrected chi connectivity index (χ3v) is 4.62. The van der Waals surface area contributed by atoms with E-state index in [-0.39, 0.29) is 5.41 Å². The Morgan fingerprint density at radius 1 is 1.44 bits per heavy atom. The predicted molar refractivity (Wildman–Crippen MR) is 64.5 cm³/mol. The molecule has 0 atom stereocenters. The largest absolute Gasteiger partial charge is 0.330 e. The number of hydrogen-bond donors (Lipinski definition) is 1. The summed E-state index contributed by atoms with van der Waals surface area (Å²) in [5, 5.41) is 0.607. The maximum Gasteiger partial charge on any atom is 0.175 e. The molecule has 16 heavy (non-hydrogen) atoms. The molecule has 0 heterocycles. The fourth-order valence-corrected chi connectivity index (χ4v) is 2.84. The lowest BCUT2D eigenvalue weighted by molar-refractivity contribution is 0.601. The van der Waals surface area contributed by atoms with E-state index in [2.05, 4.69) is 0 Å². The molecular formula is C11H14ClNO2S. The second-order valence-corrected chi connectivity index (χ2v) is 6.82. The van der Waals surface area contributed by atoms with E-state index in [4.69, 9.17) is 17.3 Å². The minimum atomic E-state index is -3.18. The smallest absolute Gasteiger partial charge is 0.175 e. The molecule has 0 amide bonds. The number of halogens is 1. The van der Waals surface area contributed by atoms with Crippen molar-refractivity contribution in [2.24, 2.45) is 5.73 Å². The zero-order valence-corrected chi connectivity index (χ0v) is 10.6. The first-order valence-corrected chi connectivity index (χ1v) is 7.36. The van der Waals surface area contributed by atoms with Gasteiger partial charge in [0.15, 0.2) is 9.84 Å². The molecule has 2 rings (SSSR count). The van der Waals surface area contributed by atoms with E-state index in [1.54, 1.807) is 12.1 Å². The van der Waals surface area contributed by atoms with Crippen LogP contribution in [-0.4, -0.2) is 21.2 Å². The number of nitrogens with two attached hydrogens (primary N) is 1. The summed E-state index contributed by atoms with van der Waals surface area (Å²) in [5.74, 6) is 0. The molecule has 0 saturated heterocycles. The normalized spacial score (nSPS) is 18.4. The molecule has 2 N–H and O–H groups in total. The van der Waals surface area contributed by atoms with E-state index in [0.29, 0.717) is 16.5 Å². The fraction of sp³-hybridized carbons (Fsp3) is 0.455. The van der Waals surface area contributed by atoms with E-state index in [1.165, 1.54) is 12.3 Å². The van der Waals surface area contributed by atoms with Crippen LogP contribution in [0.1, 0.15) is 18.4 Å². The van der Waals surface area contributed by atoms with Gasteiger partial charge in [0, 0.05) is 23.2 Å². The van der Waals surface area contributed by atoms with Gasteiger partial charge in [-0.2, -0.15) is 0 Å². The summed E-state index contributed by atoms with van der Waals surface area (Å²) >= 11 is 6.10. The summed E-state index contributed by atoms with van der Waals surface area (Å²) in [6.45, 7) is 0.514. The topological polar surface area (TPSA) is 60.2 Å². The van der Waals surface area contributed by atoms with Crippen LogP contribution >= 0.6 is 11.6 Å². The standard InChI is InChI=1S/C11H14ClNO2S/c1-16(14,15)8-2-3-10(12)9(6-8)11(7-13)4-5-11/h2-3,6H,4-5,7,13H2,1H3. The lowest BCUT2D eigenvalue weighted by Crippen LogP contribution is -2.20. The van der Waals surface area contributed by atoms with Crippen molar-refractivity contribution < 1.29 is 8.42 Å². The molecule has 3 nitrogen and oxygen atoms in total. The molecule has 0 aliphatic heterocycles. The first-order valence-electron chi connectivity index (χ1n) is 5.09. The second kappa shape index (κ2) is 3.72. The lowest BCUT2D eigenvalue weighted by atomic mass is 9.96. The molecule has 0 aromatic heterocycles. The van der Waals surface area contributed by atoms with E-state index < -0.39 is 9.84 Å². The molecule has 1 fully saturated rings. The first kappa shape index (κ1) is 11.9. The second-order valence-electron chi connectivity index (χ2n) is 4.40. The summed E-state index contributed by atoms with van der Waals surface area (Å²) in [5.41, 5.74) is 6.51. The van der Waals surface area contributed by atoms with Gasteiger partial charge >= 0.3 is 0 Å². The van der Waals surface area contributed by atoms with Crippen molar-refractivity contribution in [3.05, 3.63) is 28.8 Å². The van der Waals surface area contributed by atoms with Crippen molar-refractivity contribution in [1.29, 1.82) is 0 Å². The number of hydrogen-bond acceptors (Lipinski definition) is 3. The average molecular weight is 260 g/mol. The van der Waals surface area contributed by atoms with E-state index in [0.717, 1.165) is 18.4 Å². The van der Waals surface area contributed by atoms with Gasteiger partial charge < -0.3 is 5.73 Å². The average Bonchev–Trinajstić information content (AvgIpc) is 2.97. The van der Waals surface area contributed by atoms with Crippen LogP contribution in [0.15, 0.2) is 23.1 Å². The minimum absolute atomic E-state index is 0.0855. The Hall–Kier alpha value is -0.580. The quantitative estimate of drug-likeness (QED) is 0.899. The Kier molecular flexibility index (Phi) is 2.77. The SMILES string of the molecule is CS(=O)(=O)c1ccc(Cl)c(C2(CN)CC2)c1. The monoisotopic (exact) mass is 259 g/mol. The summed E-state index contributed by atoms with van der Waals surface area (Å²) in [4.78, 5) is 0.312. The van der Waals surface area contributed by atoms with Crippen molar-refractivity contribution in [3.63, 3.8) is 0 Å². The summed E-state index contributed by atoms with van der Waals surface area (Å²) in [6, 6.07) is 4.84. The van der Waals surface area contributed by atoms with Crippen LogP contribution in [0, 0.1) is 0 Å². The zero-order valence-electron chi connectivity index (χ0n) is 9.03. The third kappa shape index (κ3) is 1.97. The molecule has 88 valence electrons. The van der Waals surface area contributed by atoms with Crippen LogP contribution in [-0.2, 0) is 15.3 Å². The van der Waals surface area contributed by atoms with Gasteiger partial charge in [0.25, 0.3) is 0 Å². The van der Waals surface area contributed by atoms with Crippen molar-refractivity contribution in [1.82, 2.24) is 0 Å². The Bertz CT molecular complexity index is 521. The predicted octanol–water partition coefficient (Wildman–Crippen LogP) is 1.73.